The van der Waals surface area contributed by atoms with E-state index in [0.717, 1.165) is 9.75 Å². The van der Waals surface area contributed by atoms with E-state index in [2.05, 4.69) is 16.9 Å². The lowest BCUT2D eigenvalue weighted by atomic mass is 9.79. The fourth-order valence-electron chi connectivity index (χ4n) is 6.57. The minimum atomic E-state index is -3.54. The number of benzene rings is 1. The Labute approximate surface area is 283 Å². The summed E-state index contributed by atoms with van der Waals surface area (Å²) in [6.07, 6.45) is 5.74. The zero-order valence-corrected chi connectivity index (χ0v) is 29.3. The first-order chi connectivity index (χ1) is 22.6. The average molecular weight is 694 g/mol. The van der Waals surface area contributed by atoms with Crippen molar-refractivity contribution in [3.05, 3.63) is 75.8 Å². The SMILES string of the molecule is C[C@H](Cc1ccc([C@]2(C)CCCC(C)(C)CS(=O)(=O)CCc3c(c(F)cc4[nH]ccc34)Oc3ccnc(c3)-c3nc2nn3C)s1)C(=O)O. The Hall–Kier alpha value is -4.10. The molecule has 0 fully saturated rings. The third-order valence-corrected chi connectivity index (χ3v) is 12.7. The van der Waals surface area contributed by atoms with Crippen molar-refractivity contribution in [2.45, 2.75) is 65.2 Å². The predicted octanol–water partition coefficient (Wildman–Crippen LogP) is 7.09. The van der Waals surface area contributed by atoms with Gasteiger partial charge in [-0.15, -0.1) is 11.3 Å². The van der Waals surface area contributed by atoms with Crippen LogP contribution in [0.15, 0.2) is 48.8 Å². The number of carboxylic acid groups (broad SMARTS) is 1. The highest BCUT2D eigenvalue weighted by atomic mass is 32.2. The molecular weight excluding hydrogens is 654 g/mol. The molecule has 1 aliphatic heterocycles. The molecule has 0 amide bonds. The maximum atomic E-state index is 15.6. The number of thiophene rings is 1. The van der Waals surface area contributed by atoms with E-state index in [4.69, 9.17) is 14.8 Å². The van der Waals surface area contributed by atoms with E-state index in [-0.39, 0.29) is 23.7 Å². The molecule has 0 spiro atoms. The minimum absolute atomic E-state index is 0.0194. The van der Waals surface area contributed by atoms with Crippen molar-refractivity contribution in [1.82, 2.24) is 24.7 Å². The second kappa shape index (κ2) is 12.7. The maximum absolute atomic E-state index is 15.6. The van der Waals surface area contributed by atoms with Gasteiger partial charge in [0.25, 0.3) is 0 Å². The van der Waals surface area contributed by atoms with Crippen LogP contribution in [-0.4, -0.2) is 55.7 Å². The smallest absolute Gasteiger partial charge is 0.306 e. The lowest BCUT2D eigenvalue weighted by Crippen LogP contribution is -2.29. The molecule has 5 aromatic rings. The third kappa shape index (κ3) is 6.88. The Kier molecular flexibility index (Phi) is 8.97. The number of hydrogen-bond acceptors (Lipinski definition) is 8. The molecule has 2 atom stereocenters. The summed E-state index contributed by atoms with van der Waals surface area (Å²) in [6, 6.07) is 10.4. The molecule has 48 heavy (non-hydrogen) atoms. The molecule has 254 valence electrons. The van der Waals surface area contributed by atoms with E-state index in [1.165, 1.54) is 6.07 Å². The van der Waals surface area contributed by atoms with Crippen molar-refractivity contribution in [1.29, 1.82) is 0 Å². The molecule has 0 unspecified atom stereocenters. The normalized spacial score (nSPS) is 20.3. The van der Waals surface area contributed by atoms with E-state index in [1.807, 2.05) is 26.0 Å². The molecule has 1 aliphatic rings. The van der Waals surface area contributed by atoms with Crippen LogP contribution in [0.25, 0.3) is 22.4 Å². The monoisotopic (exact) mass is 693 g/mol. The molecule has 0 radical (unpaired) electrons. The number of nitrogens with zero attached hydrogens (tertiary/aromatic N) is 4. The van der Waals surface area contributed by atoms with Crippen LogP contribution in [0.1, 0.15) is 68.1 Å². The molecule has 0 saturated carbocycles. The number of pyridine rings is 1. The summed E-state index contributed by atoms with van der Waals surface area (Å²) in [5.74, 6) is -0.756. The van der Waals surface area contributed by atoms with Gasteiger partial charge in [0.1, 0.15) is 11.4 Å². The summed E-state index contributed by atoms with van der Waals surface area (Å²) in [5, 5.41) is 15.0. The first kappa shape index (κ1) is 33.8. The van der Waals surface area contributed by atoms with E-state index < -0.39 is 38.4 Å². The van der Waals surface area contributed by atoms with Crippen molar-refractivity contribution < 1.29 is 27.4 Å². The van der Waals surface area contributed by atoms with Gasteiger partial charge in [-0.3, -0.25) is 9.78 Å². The van der Waals surface area contributed by atoms with E-state index >= 15 is 4.39 Å². The topological polar surface area (TPSA) is 140 Å². The zero-order chi connectivity index (χ0) is 34.4. The van der Waals surface area contributed by atoms with Gasteiger partial charge in [-0.1, -0.05) is 27.2 Å². The molecule has 0 aliphatic carbocycles. The number of rotatable bonds is 4. The van der Waals surface area contributed by atoms with Crippen LogP contribution < -0.4 is 4.74 Å². The molecular formula is C35H40FN5O5S2. The number of nitrogens with one attached hydrogen (secondary N) is 1. The van der Waals surface area contributed by atoms with Crippen LogP contribution in [0.4, 0.5) is 4.39 Å². The number of halogens is 1. The van der Waals surface area contributed by atoms with Gasteiger partial charge in [-0.05, 0) is 62.3 Å². The Balaban J connectivity index is 1.46. The number of H-pyrrole nitrogens is 1. The second-order valence-electron chi connectivity index (χ2n) is 13.9. The number of aromatic amines is 1. The largest absolute Gasteiger partial charge is 0.481 e. The Bertz CT molecular complexity index is 2100. The number of hydrogen-bond donors (Lipinski definition) is 2. The molecule has 2 N–H and O–H groups in total. The van der Waals surface area contributed by atoms with Crippen LogP contribution in [0.3, 0.4) is 0 Å². The van der Waals surface area contributed by atoms with Crippen LogP contribution in [0, 0.1) is 17.2 Å². The summed E-state index contributed by atoms with van der Waals surface area (Å²) in [5.41, 5.74) is 0.347. The number of sulfone groups is 1. The van der Waals surface area contributed by atoms with Gasteiger partial charge in [0.15, 0.2) is 33.1 Å². The van der Waals surface area contributed by atoms with E-state index in [1.54, 1.807) is 60.6 Å². The zero-order valence-electron chi connectivity index (χ0n) is 27.7. The number of fused-ring (bicyclic) bond motifs is 8. The highest BCUT2D eigenvalue weighted by Gasteiger charge is 2.37. The summed E-state index contributed by atoms with van der Waals surface area (Å²) in [4.78, 5) is 26.1. The highest BCUT2D eigenvalue weighted by molar-refractivity contribution is 7.91. The highest BCUT2D eigenvalue weighted by Crippen LogP contribution is 2.42. The number of aromatic nitrogens is 5. The molecule has 13 heteroatoms. The number of ether oxygens (including phenoxy) is 1. The fraction of sp³-hybridized carbons (Fsp3) is 0.429. The van der Waals surface area contributed by atoms with E-state index in [9.17, 15) is 18.3 Å². The molecule has 4 aromatic heterocycles. The number of carboxylic acids is 1. The van der Waals surface area contributed by atoms with Gasteiger partial charge in [0, 0.05) is 57.8 Å². The van der Waals surface area contributed by atoms with Gasteiger partial charge in [0.2, 0.25) is 0 Å². The van der Waals surface area contributed by atoms with E-state index in [0.29, 0.717) is 65.2 Å². The second-order valence-corrected chi connectivity index (χ2v) is 17.2. The molecule has 4 bridgehead atoms. The van der Waals surface area contributed by atoms with Crippen LogP contribution in [0.5, 0.6) is 11.5 Å². The first-order valence-corrected chi connectivity index (χ1v) is 18.6. The quantitative estimate of drug-likeness (QED) is 0.203. The average Bonchev–Trinajstić information content (AvgIpc) is 3.76. The molecule has 0 saturated heterocycles. The Morgan fingerprint density at radius 1 is 1.19 bits per heavy atom. The van der Waals surface area contributed by atoms with Gasteiger partial charge in [-0.2, -0.15) is 5.10 Å². The van der Waals surface area contributed by atoms with Crippen molar-refractivity contribution in [3.8, 4) is 23.0 Å². The summed E-state index contributed by atoms with van der Waals surface area (Å²) >= 11 is 1.55. The Morgan fingerprint density at radius 3 is 2.75 bits per heavy atom. The van der Waals surface area contributed by atoms with Gasteiger partial charge >= 0.3 is 5.97 Å². The van der Waals surface area contributed by atoms with Crippen molar-refractivity contribution in [2.24, 2.45) is 18.4 Å². The molecule has 5 heterocycles. The van der Waals surface area contributed by atoms with Crippen LogP contribution >= 0.6 is 11.3 Å². The standard InChI is InChI=1S/C35H40FN5O5S2/c1-21(32(42)43)17-23-7-8-29(47-23)35(4)13-6-12-34(2,3)20-48(44,45)16-11-25-24-10-15-37-27(24)19-26(36)30(25)46-22-9-14-38-28(18-22)31-39-33(35)40-41(31)5/h7-10,14-15,18-19,21,37H,6,11-13,16-17,20H2,1-5H3,(H,42,43)/t21-,35+/m1/s1. The minimum Gasteiger partial charge on any atom is -0.481 e. The van der Waals surface area contributed by atoms with Crippen LogP contribution in [-0.2, 0) is 39.9 Å². The van der Waals surface area contributed by atoms with Crippen molar-refractivity contribution in [2.75, 3.05) is 11.5 Å². The number of aryl methyl sites for hydroxylation is 2. The molecule has 6 rings (SSSR count). The molecule has 1 aromatic carbocycles. The van der Waals surface area contributed by atoms with Crippen molar-refractivity contribution >= 4 is 38.0 Å². The number of carbonyl (C=O) groups is 1. The third-order valence-electron chi connectivity index (χ3n) is 9.24. The first-order valence-electron chi connectivity index (χ1n) is 16.0. The lowest BCUT2D eigenvalue weighted by Gasteiger charge is -2.29. The van der Waals surface area contributed by atoms with Gasteiger partial charge in [-0.25, -0.2) is 22.5 Å². The molecule has 10 nitrogen and oxygen atoms in total. The van der Waals surface area contributed by atoms with Crippen LogP contribution in [0.2, 0.25) is 0 Å². The fourth-order valence-corrected chi connectivity index (χ4v) is 9.88. The maximum Gasteiger partial charge on any atom is 0.306 e. The van der Waals surface area contributed by atoms with Crippen molar-refractivity contribution in [3.63, 3.8) is 0 Å². The summed E-state index contributed by atoms with van der Waals surface area (Å²) in [7, 11) is -1.74. The summed E-state index contributed by atoms with van der Waals surface area (Å²) < 4.78 is 50.7. The van der Waals surface area contributed by atoms with Gasteiger partial charge in [0.05, 0.1) is 22.8 Å². The van der Waals surface area contributed by atoms with Gasteiger partial charge < -0.3 is 14.8 Å². The Morgan fingerprint density at radius 2 is 1.98 bits per heavy atom. The predicted molar refractivity (Wildman–Crippen MR) is 184 cm³/mol. The number of aliphatic carboxylic acids is 1. The lowest BCUT2D eigenvalue weighted by molar-refractivity contribution is -0.141. The summed E-state index contributed by atoms with van der Waals surface area (Å²) in [6.45, 7) is 7.71.